The van der Waals surface area contributed by atoms with Crippen LogP contribution in [0.4, 0.5) is 13.2 Å². The van der Waals surface area contributed by atoms with E-state index in [0.717, 1.165) is 0 Å². The van der Waals surface area contributed by atoms with Crippen LogP contribution in [0.15, 0.2) is 11.7 Å². The number of hydrogen-bond donors (Lipinski definition) is 0. The Morgan fingerprint density at radius 2 is 2.00 bits per heavy atom. The van der Waals surface area contributed by atoms with Gasteiger partial charge in [0.15, 0.2) is 11.4 Å². The summed E-state index contributed by atoms with van der Waals surface area (Å²) in [5.74, 6) is -3.33. The molecule has 0 spiro atoms. The molecule has 0 aromatic rings. The van der Waals surface area contributed by atoms with Crippen molar-refractivity contribution < 1.29 is 17.9 Å². The minimum absolute atomic E-state index is 1.51. The Morgan fingerprint density at radius 1 is 1.50 bits per heavy atom. The van der Waals surface area contributed by atoms with Crippen LogP contribution in [0.1, 0.15) is 0 Å². The van der Waals surface area contributed by atoms with Crippen LogP contribution < -0.4 is 0 Å². The predicted molar refractivity (Wildman–Crippen MR) is 29.7 cm³/mol. The van der Waals surface area contributed by atoms with Crippen molar-refractivity contribution >= 4 is 23.2 Å². The lowest BCUT2D eigenvalue weighted by molar-refractivity contribution is -0.0452. The van der Waals surface area contributed by atoms with E-state index in [4.69, 9.17) is 11.6 Å². The van der Waals surface area contributed by atoms with Crippen LogP contribution in [0.5, 0.6) is 0 Å². The van der Waals surface area contributed by atoms with E-state index in [1.165, 1.54) is 0 Å². The molecule has 58 valence electrons. The van der Waals surface area contributed by atoms with Crippen LogP contribution in [0, 0.1) is 0 Å². The molecule has 0 aliphatic carbocycles. The maximum atomic E-state index is 12.3. The first-order valence-electron chi connectivity index (χ1n) is 2.20. The highest BCUT2D eigenvalue weighted by atomic mass is 35.5. The second-order valence-corrected chi connectivity index (χ2v) is 2.50. The fraction of sp³-hybridized carbons (Fsp3) is 0.500. The molecule has 1 aliphatic rings. The van der Waals surface area contributed by atoms with E-state index in [0.29, 0.717) is 0 Å². The van der Waals surface area contributed by atoms with Gasteiger partial charge in [-0.2, -0.15) is 4.39 Å². The predicted octanol–water partition coefficient (Wildman–Crippen LogP) is 2.59. The normalized spacial score (nSPS) is 41.1. The molecule has 0 amide bonds. The maximum Gasteiger partial charge on any atom is 0.344 e. The van der Waals surface area contributed by atoms with Crippen LogP contribution in [0.2, 0.25) is 0 Å². The summed E-state index contributed by atoms with van der Waals surface area (Å²) < 4.78 is 40.4. The number of rotatable bonds is 0. The Morgan fingerprint density at radius 3 is 2.10 bits per heavy atom. The fourth-order valence-corrected chi connectivity index (χ4v) is 0.916. The Hall–Kier alpha value is 0.0700. The van der Waals surface area contributed by atoms with Crippen LogP contribution in [0.25, 0.3) is 0 Å². The molecule has 0 N–H and O–H groups in total. The highest BCUT2D eigenvalue weighted by Crippen LogP contribution is 2.42. The van der Waals surface area contributed by atoms with Crippen molar-refractivity contribution in [3.63, 3.8) is 0 Å². The van der Waals surface area contributed by atoms with Gasteiger partial charge in [0.2, 0.25) is 5.83 Å². The van der Waals surface area contributed by atoms with Gasteiger partial charge in [0.1, 0.15) is 0 Å². The van der Waals surface area contributed by atoms with Gasteiger partial charge in [0, 0.05) is 0 Å². The maximum absolute atomic E-state index is 12.3. The van der Waals surface area contributed by atoms with E-state index in [2.05, 4.69) is 16.3 Å². The van der Waals surface area contributed by atoms with Crippen molar-refractivity contribution in [3.8, 4) is 0 Å². The van der Waals surface area contributed by atoms with E-state index in [9.17, 15) is 13.2 Å². The number of ether oxygens (including phenoxy) is 1. The second kappa shape index (κ2) is 2.29. The smallest absolute Gasteiger partial charge is 0.302 e. The van der Waals surface area contributed by atoms with E-state index < -0.39 is 22.5 Å². The minimum atomic E-state index is -3.23. The van der Waals surface area contributed by atoms with E-state index in [1.807, 2.05) is 0 Å². The zero-order valence-electron chi connectivity index (χ0n) is 4.38. The molecule has 0 fully saturated rings. The lowest BCUT2D eigenvalue weighted by Gasteiger charge is -2.08. The Labute approximate surface area is 64.4 Å². The molecule has 0 aromatic carbocycles. The molecule has 1 aliphatic heterocycles. The molecule has 0 unspecified atom stereocenters. The molecule has 6 heteroatoms. The first-order chi connectivity index (χ1) is 4.45. The van der Waals surface area contributed by atoms with Gasteiger partial charge in [0.05, 0.1) is 0 Å². The summed E-state index contributed by atoms with van der Waals surface area (Å²) >= 11 is 9.58. The molecule has 0 bridgehead atoms. The molecule has 1 rings (SSSR count). The summed E-state index contributed by atoms with van der Waals surface area (Å²) in [6.45, 7) is 0. The van der Waals surface area contributed by atoms with Crippen molar-refractivity contribution in [2.24, 2.45) is 0 Å². The van der Waals surface area contributed by atoms with Crippen molar-refractivity contribution in [3.05, 3.63) is 11.7 Å². The molecule has 0 radical (unpaired) electrons. The highest BCUT2D eigenvalue weighted by molar-refractivity contribution is 6.26. The van der Waals surface area contributed by atoms with Crippen molar-refractivity contribution in [1.82, 2.24) is 0 Å². The fourth-order valence-electron chi connectivity index (χ4n) is 0.472. The summed E-state index contributed by atoms with van der Waals surface area (Å²) in [6.07, 6.45) is 0. The van der Waals surface area contributed by atoms with Gasteiger partial charge in [0.25, 0.3) is 0 Å². The zero-order valence-corrected chi connectivity index (χ0v) is 5.89. The van der Waals surface area contributed by atoms with Gasteiger partial charge < -0.3 is 4.74 Å². The Bertz CT molecular complexity index is 191. The molecule has 0 saturated carbocycles. The van der Waals surface area contributed by atoms with E-state index in [-0.39, 0.29) is 0 Å². The third-order valence-corrected chi connectivity index (χ3v) is 1.45. The van der Waals surface area contributed by atoms with Crippen LogP contribution in [-0.4, -0.2) is 10.9 Å². The van der Waals surface area contributed by atoms with Crippen molar-refractivity contribution in [1.29, 1.82) is 0 Å². The van der Waals surface area contributed by atoms with Gasteiger partial charge in [-0.05, 0) is 11.6 Å². The Kier molecular flexibility index (Phi) is 1.87. The molecular formula is C4HCl2F3O. The van der Waals surface area contributed by atoms with Crippen molar-refractivity contribution in [2.45, 2.75) is 10.9 Å². The third-order valence-electron chi connectivity index (χ3n) is 0.916. The topological polar surface area (TPSA) is 9.23 Å². The minimum Gasteiger partial charge on any atom is -0.302 e. The standard InChI is InChI=1S/C4HCl2F3O/c5-3-1(7)2(8)4(6,9)10-3/h3H/t3-,4+/m1/s1. The molecule has 1 nitrogen and oxygen atoms in total. The summed E-state index contributed by atoms with van der Waals surface area (Å²) in [5.41, 5.74) is -1.76. The molecule has 10 heavy (non-hydrogen) atoms. The number of hydrogen-bond acceptors (Lipinski definition) is 1. The first-order valence-corrected chi connectivity index (χ1v) is 3.02. The van der Waals surface area contributed by atoms with Gasteiger partial charge in [-0.15, -0.1) is 0 Å². The van der Waals surface area contributed by atoms with E-state index in [1.54, 1.807) is 0 Å². The van der Waals surface area contributed by atoms with E-state index >= 15 is 0 Å². The SMILES string of the molecule is FC1=C(F)[C@@](F)(Cl)O[C@H]1Cl. The average molecular weight is 193 g/mol. The molecule has 0 saturated heterocycles. The largest absolute Gasteiger partial charge is 0.344 e. The lowest BCUT2D eigenvalue weighted by atomic mass is 10.5. The van der Waals surface area contributed by atoms with Gasteiger partial charge in [-0.3, -0.25) is 0 Å². The third kappa shape index (κ3) is 1.11. The summed E-state index contributed by atoms with van der Waals surface area (Å²) in [6, 6.07) is 0. The van der Waals surface area contributed by atoms with Crippen LogP contribution in [0.3, 0.4) is 0 Å². The van der Waals surface area contributed by atoms with Gasteiger partial charge >= 0.3 is 5.31 Å². The summed E-state index contributed by atoms with van der Waals surface area (Å²) in [7, 11) is 0. The van der Waals surface area contributed by atoms with Crippen molar-refractivity contribution in [2.75, 3.05) is 0 Å². The Balaban J connectivity index is 2.95. The van der Waals surface area contributed by atoms with Gasteiger partial charge in [-0.25, -0.2) is 8.78 Å². The first kappa shape index (κ1) is 8.17. The number of alkyl halides is 3. The quantitative estimate of drug-likeness (QED) is 0.537. The van der Waals surface area contributed by atoms with Crippen LogP contribution in [-0.2, 0) is 4.74 Å². The summed E-state index contributed by atoms with van der Waals surface area (Å²) in [5, 5.41) is -3.23. The molecular weight excluding hydrogens is 192 g/mol. The van der Waals surface area contributed by atoms with Crippen LogP contribution >= 0.6 is 23.2 Å². The highest BCUT2D eigenvalue weighted by Gasteiger charge is 2.48. The molecule has 1 heterocycles. The molecule has 0 aromatic heterocycles. The van der Waals surface area contributed by atoms with Gasteiger partial charge in [-0.1, -0.05) is 11.6 Å². The average Bonchev–Trinajstić information content (AvgIpc) is 1.95. The molecule has 2 atom stereocenters. The second-order valence-electron chi connectivity index (χ2n) is 1.61. The lowest BCUT2D eigenvalue weighted by Crippen LogP contribution is -2.15. The monoisotopic (exact) mass is 192 g/mol. The number of halogens is 5. The zero-order chi connectivity index (χ0) is 7.94. The summed E-state index contributed by atoms with van der Waals surface area (Å²) in [4.78, 5) is 0.